The second-order valence-electron chi connectivity index (χ2n) is 5.58. The van der Waals surface area contributed by atoms with E-state index >= 15 is 0 Å². The van der Waals surface area contributed by atoms with Crippen molar-refractivity contribution in [1.29, 1.82) is 0 Å². The van der Waals surface area contributed by atoms with Gasteiger partial charge in [-0.2, -0.15) is 4.98 Å². The van der Waals surface area contributed by atoms with Crippen LogP contribution >= 0.6 is 39.5 Å². The molecule has 3 heterocycles. The lowest BCUT2D eigenvalue weighted by Gasteiger charge is -2.26. The molecule has 0 spiro atoms. The van der Waals surface area contributed by atoms with Crippen LogP contribution in [0.1, 0.15) is 10.4 Å². The van der Waals surface area contributed by atoms with Crippen molar-refractivity contribution in [1.82, 2.24) is 19.7 Å². The predicted octanol–water partition coefficient (Wildman–Crippen LogP) is 4.45. The highest BCUT2D eigenvalue weighted by Crippen LogP contribution is 2.26. The van der Waals surface area contributed by atoms with Crippen LogP contribution in [-0.2, 0) is 19.6 Å². The molecule has 1 aliphatic heterocycles. The van der Waals surface area contributed by atoms with Gasteiger partial charge in [-0.3, -0.25) is 10.00 Å². The predicted molar refractivity (Wildman–Crippen MR) is 99.0 cm³/mol. The summed E-state index contributed by atoms with van der Waals surface area (Å²) in [4.78, 5) is 8.42. The van der Waals surface area contributed by atoms with E-state index in [0.717, 1.165) is 42.0 Å². The second-order valence-corrected chi connectivity index (χ2v) is 7.80. The first-order chi connectivity index (χ1) is 11.2. The summed E-state index contributed by atoms with van der Waals surface area (Å²) in [5, 5.41) is 5.52. The number of fused-ring (bicyclic) bond motifs is 1. The van der Waals surface area contributed by atoms with Crippen molar-refractivity contribution in [2.75, 3.05) is 6.54 Å². The maximum Gasteiger partial charge on any atom is 0.217 e. The van der Waals surface area contributed by atoms with Gasteiger partial charge in [-0.15, -0.1) is 11.3 Å². The van der Waals surface area contributed by atoms with Crippen molar-refractivity contribution in [2.45, 2.75) is 19.6 Å². The van der Waals surface area contributed by atoms with E-state index in [1.54, 1.807) is 0 Å². The number of benzene rings is 1. The summed E-state index contributed by atoms with van der Waals surface area (Å²) < 4.78 is 3.55. The zero-order valence-electron chi connectivity index (χ0n) is 12.3. The highest BCUT2D eigenvalue weighted by atomic mass is 79.9. The molecule has 0 radical (unpaired) electrons. The summed E-state index contributed by atoms with van der Waals surface area (Å²) in [6.45, 7) is 2.77. The molecule has 2 aromatic heterocycles. The third kappa shape index (κ3) is 3.06. The van der Waals surface area contributed by atoms with E-state index in [1.807, 2.05) is 40.3 Å². The fourth-order valence-electron chi connectivity index (χ4n) is 2.85. The van der Waals surface area contributed by atoms with Gasteiger partial charge in [0.25, 0.3) is 0 Å². The fraction of sp³-hybridized carbons (Fsp3) is 0.250. The van der Waals surface area contributed by atoms with Crippen LogP contribution in [0.25, 0.3) is 11.4 Å². The molecule has 4 nitrogen and oxygen atoms in total. The number of aromatic nitrogens is 3. The van der Waals surface area contributed by atoms with Crippen LogP contribution in [-0.4, -0.2) is 26.2 Å². The van der Waals surface area contributed by atoms with E-state index in [0.29, 0.717) is 4.77 Å². The Morgan fingerprint density at radius 2 is 2.17 bits per heavy atom. The maximum atomic E-state index is 5.43. The van der Waals surface area contributed by atoms with Gasteiger partial charge in [0, 0.05) is 28.0 Å². The third-order valence-electron chi connectivity index (χ3n) is 4.04. The molecule has 7 heteroatoms. The third-order valence-corrected chi connectivity index (χ3v) is 6.06. The molecular formula is C16H15BrN4S2. The Morgan fingerprint density at radius 1 is 1.30 bits per heavy atom. The molecule has 118 valence electrons. The number of halogens is 1. The Kier molecular flexibility index (Phi) is 4.19. The van der Waals surface area contributed by atoms with Crippen molar-refractivity contribution >= 4 is 39.5 Å². The summed E-state index contributed by atoms with van der Waals surface area (Å²) >= 11 is 10.9. The number of hydrogen-bond donors (Lipinski definition) is 1. The topological polar surface area (TPSA) is 36.9 Å². The first kappa shape index (κ1) is 15.3. The Labute approximate surface area is 151 Å². The van der Waals surface area contributed by atoms with E-state index in [2.05, 4.69) is 42.4 Å². The molecule has 0 saturated carbocycles. The smallest absolute Gasteiger partial charge is 0.217 e. The molecule has 0 atom stereocenters. The molecule has 4 rings (SSSR count). The monoisotopic (exact) mass is 406 g/mol. The summed E-state index contributed by atoms with van der Waals surface area (Å²) in [5.41, 5.74) is 2.47. The number of aromatic amines is 1. The average molecular weight is 407 g/mol. The van der Waals surface area contributed by atoms with Crippen molar-refractivity contribution in [2.24, 2.45) is 0 Å². The molecule has 1 aliphatic rings. The number of rotatable bonds is 3. The fourth-order valence-corrected chi connectivity index (χ4v) is 4.41. The van der Waals surface area contributed by atoms with E-state index < -0.39 is 0 Å². The largest absolute Gasteiger partial charge is 0.280 e. The minimum absolute atomic E-state index is 0.590. The molecule has 1 aromatic carbocycles. The molecule has 0 fully saturated rings. The normalized spacial score (nSPS) is 14.8. The van der Waals surface area contributed by atoms with Crippen LogP contribution in [0.3, 0.4) is 0 Å². The Balaban J connectivity index is 1.57. The standard InChI is InChI=1S/C16H15BrN4S2/c17-13-4-2-1-3-12(13)15-18-16(22)21(19-15)10-20-7-5-14-11(9-20)6-8-23-14/h1-4,6,8H,5,7,9-10H2,(H,18,19,22). The van der Waals surface area contributed by atoms with Gasteiger partial charge < -0.3 is 0 Å². The Morgan fingerprint density at radius 3 is 3.04 bits per heavy atom. The lowest BCUT2D eigenvalue weighted by Crippen LogP contribution is -2.32. The van der Waals surface area contributed by atoms with E-state index in [9.17, 15) is 0 Å². The first-order valence-corrected chi connectivity index (χ1v) is 9.48. The van der Waals surface area contributed by atoms with Gasteiger partial charge in [-0.25, -0.2) is 4.68 Å². The molecule has 0 bridgehead atoms. The maximum absolute atomic E-state index is 5.43. The van der Waals surface area contributed by atoms with E-state index in [-0.39, 0.29) is 0 Å². The highest BCUT2D eigenvalue weighted by molar-refractivity contribution is 9.10. The van der Waals surface area contributed by atoms with Crippen molar-refractivity contribution in [3.63, 3.8) is 0 Å². The van der Waals surface area contributed by atoms with Crippen LogP contribution in [0.5, 0.6) is 0 Å². The lowest BCUT2D eigenvalue weighted by atomic mass is 10.1. The van der Waals surface area contributed by atoms with Gasteiger partial charge in [0.15, 0.2) is 5.82 Å². The number of H-pyrrole nitrogens is 1. The van der Waals surface area contributed by atoms with Gasteiger partial charge in [-0.1, -0.05) is 34.1 Å². The van der Waals surface area contributed by atoms with Crippen LogP contribution in [0.4, 0.5) is 0 Å². The zero-order valence-corrected chi connectivity index (χ0v) is 15.5. The Bertz CT molecular complexity index is 895. The number of nitrogens with zero attached hydrogens (tertiary/aromatic N) is 3. The van der Waals surface area contributed by atoms with E-state index in [4.69, 9.17) is 12.2 Å². The molecule has 0 amide bonds. The Hall–Kier alpha value is -1.28. The molecule has 0 unspecified atom stereocenters. The van der Waals surface area contributed by atoms with Crippen LogP contribution in [0.15, 0.2) is 40.2 Å². The van der Waals surface area contributed by atoms with E-state index in [1.165, 1.54) is 10.4 Å². The zero-order chi connectivity index (χ0) is 15.8. The molecule has 23 heavy (non-hydrogen) atoms. The average Bonchev–Trinajstić information content (AvgIpc) is 3.14. The van der Waals surface area contributed by atoms with Gasteiger partial charge in [0.2, 0.25) is 4.77 Å². The second kappa shape index (κ2) is 6.32. The van der Waals surface area contributed by atoms with Crippen LogP contribution in [0, 0.1) is 4.77 Å². The molecular weight excluding hydrogens is 392 g/mol. The molecule has 0 saturated heterocycles. The lowest BCUT2D eigenvalue weighted by molar-refractivity contribution is 0.190. The van der Waals surface area contributed by atoms with Crippen molar-refractivity contribution < 1.29 is 0 Å². The number of hydrogen-bond acceptors (Lipinski definition) is 4. The van der Waals surface area contributed by atoms with Gasteiger partial charge in [0.05, 0.1) is 6.67 Å². The SMILES string of the molecule is S=c1nc(-c2ccccc2Br)[nH]n1CN1CCc2sccc2C1. The van der Waals surface area contributed by atoms with Gasteiger partial charge in [0.1, 0.15) is 0 Å². The first-order valence-electron chi connectivity index (χ1n) is 7.40. The van der Waals surface area contributed by atoms with Crippen molar-refractivity contribution in [3.8, 4) is 11.4 Å². The molecule has 0 aliphatic carbocycles. The van der Waals surface area contributed by atoms with Crippen LogP contribution < -0.4 is 0 Å². The summed E-state index contributed by atoms with van der Waals surface area (Å²) in [7, 11) is 0. The molecule has 1 N–H and O–H groups in total. The summed E-state index contributed by atoms with van der Waals surface area (Å²) in [6.07, 6.45) is 1.12. The summed E-state index contributed by atoms with van der Waals surface area (Å²) in [6, 6.07) is 10.3. The quantitative estimate of drug-likeness (QED) is 0.652. The minimum Gasteiger partial charge on any atom is -0.280 e. The summed E-state index contributed by atoms with van der Waals surface area (Å²) in [5.74, 6) is 0.802. The highest BCUT2D eigenvalue weighted by Gasteiger charge is 2.18. The van der Waals surface area contributed by atoms with Crippen LogP contribution in [0.2, 0.25) is 0 Å². The van der Waals surface area contributed by atoms with Gasteiger partial charge >= 0.3 is 0 Å². The van der Waals surface area contributed by atoms with Crippen molar-refractivity contribution in [3.05, 3.63) is 55.4 Å². The number of thiophene rings is 1. The van der Waals surface area contributed by atoms with Gasteiger partial charge in [-0.05, 0) is 41.7 Å². The number of nitrogens with one attached hydrogen (secondary N) is 1. The molecule has 3 aromatic rings. The minimum atomic E-state index is 0.590.